The summed E-state index contributed by atoms with van der Waals surface area (Å²) in [6.07, 6.45) is 2.99. The molecule has 0 spiro atoms. The average Bonchev–Trinajstić information content (AvgIpc) is 2.30. The van der Waals surface area contributed by atoms with Crippen molar-refractivity contribution in [3.63, 3.8) is 0 Å². The molecule has 0 saturated heterocycles. The molecule has 1 unspecified atom stereocenters. The number of hydrogen-bond acceptors (Lipinski definition) is 1. The number of rotatable bonds is 6. The highest BCUT2D eigenvalue weighted by Crippen LogP contribution is 2.28. The zero-order valence-corrected chi connectivity index (χ0v) is 10.7. The van der Waals surface area contributed by atoms with Crippen LogP contribution < -0.4 is 5.32 Å². The molecule has 88 valence electrons. The van der Waals surface area contributed by atoms with Crippen molar-refractivity contribution in [1.82, 2.24) is 5.32 Å². The van der Waals surface area contributed by atoms with Crippen molar-refractivity contribution in [3.05, 3.63) is 48.6 Å². The second-order valence-corrected chi connectivity index (χ2v) is 4.72. The molecular formula is C15H23N. The van der Waals surface area contributed by atoms with E-state index in [2.05, 4.69) is 63.0 Å². The number of benzene rings is 1. The molecule has 0 aromatic heterocycles. The lowest BCUT2D eigenvalue weighted by atomic mass is 9.76. The zero-order chi connectivity index (χ0) is 12.0. The molecule has 1 aromatic carbocycles. The summed E-state index contributed by atoms with van der Waals surface area (Å²) >= 11 is 0. The van der Waals surface area contributed by atoms with E-state index in [4.69, 9.17) is 0 Å². The van der Waals surface area contributed by atoms with Gasteiger partial charge in [0.2, 0.25) is 0 Å². The summed E-state index contributed by atoms with van der Waals surface area (Å²) in [4.78, 5) is 0. The van der Waals surface area contributed by atoms with Crippen LogP contribution in [-0.4, -0.2) is 12.6 Å². The van der Waals surface area contributed by atoms with Gasteiger partial charge in [0, 0.05) is 11.5 Å². The van der Waals surface area contributed by atoms with Crippen LogP contribution in [0.4, 0.5) is 0 Å². The molecular weight excluding hydrogens is 194 g/mol. The maximum Gasteiger partial charge on any atom is 0.0193 e. The first-order valence-corrected chi connectivity index (χ1v) is 6.02. The van der Waals surface area contributed by atoms with Crippen LogP contribution in [-0.2, 0) is 5.41 Å². The van der Waals surface area contributed by atoms with Gasteiger partial charge in [-0.2, -0.15) is 0 Å². The van der Waals surface area contributed by atoms with E-state index in [1.54, 1.807) is 0 Å². The van der Waals surface area contributed by atoms with E-state index < -0.39 is 0 Å². The third-order valence-electron chi connectivity index (χ3n) is 3.24. The molecule has 1 heteroatoms. The van der Waals surface area contributed by atoms with E-state index in [1.165, 1.54) is 5.56 Å². The molecule has 0 fully saturated rings. The van der Waals surface area contributed by atoms with Crippen LogP contribution in [0.5, 0.6) is 0 Å². The van der Waals surface area contributed by atoms with Gasteiger partial charge in [-0.05, 0) is 18.5 Å². The molecule has 0 amide bonds. The van der Waals surface area contributed by atoms with Gasteiger partial charge in [-0.15, -0.1) is 6.58 Å². The molecule has 0 aliphatic rings. The molecule has 1 atom stereocenters. The van der Waals surface area contributed by atoms with Crippen molar-refractivity contribution >= 4 is 0 Å². The van der Waals surface area contributed by atoms with Gasteiger partial charge in [0.15, 0.2) is 0 Å². The van der Waals surface area contributed by atoms with Crippen molar-refractivity contribution in [3.8, 4) is 0 Å². The summed E-state index contributed by atoms with van der Waals surface area (Å²) < 4.78 is 0. The van der Waals surface area contributed by atoms with Gasteiger partial charge in [-0.1, -0.05) is 57.2 Å². The highest BCUT2D eigenvalue weighted by Gasteiger charge is 2.29. The quantitative estimate of drug-likeness (QED) is 0.719. The molecule has 0 heterocycles. The molecule has 0 aliphatic heterocycles. The molecule has 1 N–H and O–H groups in total. The van der Waals surface area contributed by atoms with Gasteiger partial charge in [-0.3, -0.25) is 0 Å². The van der Waals surface area contributed by atoms with Crippen LogP contribution >= 0.6 is 0 Å². The highest BCUT2D eigenvalue weighted by atomic mass is 14.9. The van der Waals surface area contributed by atoms with Crippen LogP contribution in [0, 0.1) is 0 Å². The summed E-state index contributed by atoms with van der Waals surface area (Å²) in [7, 11) is 0. The molecule has 1 aromatic rings. The fourth-order valence-corrected chi connectivity index (χ4v) is 2.12. The van der Waals surface area contributed by atoms with Gasteiger partial charge in [0.05, 0.1) is 0 Å². The summed E-state index contributed by atoms with van der Waals surface area (Å²) in [6, 6.07) is 11.1. The molecule has 16 heavy (non-hydrogen) atoms. The van der Waals surface area contributed by atoms with Gasteiger partial charge in [-0.25, -0.2) is 0 Å². The fourth-order valence-electron chi connectivity index (χ4n) is 2.12. The second-order valence-electron chi connectivity index (χ2n) is 4.72. The SMILES string of the molecule is C=CCC(NCC)C(C)(C)c1ccccc1. The first-order valence-electron chi connectivity index (χ1n) is 6.02. The van der Waals surface area contributed by atoms with Crippen molar-refractivity contribution < 1.29 is 0 Å². The Morgan fingerprint density at radius 3 is 2.44 bits per heavy atom. The van der Waals surface area contributed by atoms with Gasteiger partial charge < -0.3 is 5.32 Å². The van der Waals surface area contributed by atoms with Crippen molar-refractivity contribution in [1.29, 1.82) is 0 Å². The van der Waals surface area contributed by atoms with Crippen molar-refractivity contribution in [2.24, 2.45) is 0 Å². The lowest BCUT2D eigenvalue weighted by Gasteiger charge is -2.35. The predicted octanol–water partition coefficient (Wildman–Crippen LogP) is 3.52. The minimum Gasteiger partial charge on any atom is -0.313 e. The maximum absolute atomic E-state index is 3.85. The standard InChI is InChI=1S/C15H23N/c1-5-10-14(16-6-2)15(3,4)13-11-8-7-9-12-13/h5,7-9,11-12,14,16H,1,6,10H2,2-4H3. The van der Waals surface area contributed by atoms with Crippen LogP contribution in [0.1, 0.15) is 32.8 Å². The van der Waals surface area contributed by atoms with Crippen molar-refractivity contribution in [2.45, 2.75) is 38.6 Å². The van der Waals surface area contributed by atoms with Gasteiger partial charge in [0.1, 0.15) is 0 Å². The Labute approximate surface area is 99.6 Å². The highest BCUT2D eigenvalue weighted by molar-refractivity contribution is 5.26. The Kier molecular flexibility index (Phi) is 4.75. The van der Waals surface area contributed by atoms with Crippen LogP contribution in [0.3, 0.4) is 0 Å². The number of hydrogen-bond donors (Lipinski definition) is 1. The fraction of sp³-hybridized carbons (Fsp3) is 0.467. The first kappa shape index (κ1) is 13.0. The Morgan fingerprint density at radius 2 is 1.94 bits per heavy atom. The molecule has 1 nitrogen and oxygen atoms in total. The largest absolute Gasteiger partial charge is 0.313 e. The van der Waals surface area contributed by atoms with E-state index in [9.17, 15) is 0 Å². The summed E-state index contributed by atoms with van der Waals surface area (Å²) in [5.41, 5.74) is 1.51. The van der Waals surface area contributed by atoms with E-state index in [0.29, 0.717) is 6.04 Å². The lowest BCUT2D eigenvalue weighted by molar-refractivity contribution is 0.347. The first-order chi connectivity index (χ1) is 7.62. The Balaban J connectivity index is 2.92. The smallest absolute Gasteiger partial charge is 0.0193 e. The van der Waals surface area contributed by atoms with Crippen LogP contribution in [0.25, 0.3) is 0 Å². The summed E-state index contributed by atoms with van der Waals surface area (Å²) in [5, 5.41) is 3.55. The molecule has 0 aliphatic carbocycles. The van der Waals surface area contributed by atoms with Crippen molar-refractivity contribution in [2.75, 3.05) is 6.54 Å². The minimum atomic E-state index is 0.130. The van der Waals surface area contributed by atoms with E-state index in [1.807, 2.05) is 6.08 Å². The number of nitrogens with one attached hydrogen (secondary N) is 1. The Hall–Kier alpha value is -1.08. The van der Waals surface area contributed by atoms with Gasteiger partial charge >= 0.3 is 0 Å². The monoisotopic (exact) mass is 217 g/mol. The Bertz CT molecular complexity index is 313. The third kappa shape index (κ3) is 2.96. The topological polar surface area (TPSA) is 12.0 Å². The third-order valence-corrected chi connectivity index (χ3v) is 3.24. The normalized spacial score (nSPS) is 13.4. The number of likely N-dealkylation sites (N-methyl/N-ethyl adjacent to an activating group) is 1. The maximum atomic E-state index is 3.85. The molecule has 0 bridgehead atoms. The minimum absolute atomic E-state index is 0.130. The van der Waals surface area contributed by atoms with E-state index >= 15 is 0 Å². The van der Waals surface area contributed by atoms with E-state index in [0.717, 1.165) is 13.0 Å². The van der Waals surface area contributed by atoms with Crippen LogP contribution in [0.2, 0.25) is 0 Å². The lowest BCUT2D eigenvalue weighted by Crippen LogP contribution is -2.44. The summed E-state index contributed by atoms with van der Waals surface area (Å²) in [5.74, 6) is 0. The zero-order valence-electron chi connectivity index (χ0n) is 10.7. The van der Waals surface area contributed by atoms with Gasteiger partial charge in [0.25, 0.3) is 0 Å². The summed E-state index contributed by atoms with van der Waals surface area (Å²) in [6.45, 7) is 11.6. The van der Waals surface area contributed by atoms with E-state index in [-0.39, 0.29) is 5.41 Å². The molecule has 0 saturated carbocycles. The van der Waals surface area contributed by atoms with Crippen LogP contribution in [0.15, 0.2) is 43.0 Å². The molecule has 1 rings (SSSR count). The molecule has 0 radical (unpaired) electrons. The average molecular weight is 217 g/mol. The predicted molar refractivity (Wildman–Crippen MR) is 71.7 cm³/mol. The second kappa shape index (κ2) is 5.86. The Morgan fingerprint density at radius 1 is 1.31 bits per heavy atom.